The Hall–Kier alpha value is -2.48. The minimum Gasteiger partial charge on any atom is -0.341 e. The minimum atomic E-state index is -0.369. The number of aryl methyl sites for hydroxylation is 1. The van der Waals surface area contributed by atoms with Crippen LogP contribution in [-0.4, -0.2) is 35.4 Å². The summed E-state index contributed by atoms with van der Waals surface area (Å²) < 4.78 is 1.59. The first-order chi connectivity index (χ1) is 9.15. The van der Waals surface area contributed by atoms with Gasteiger partial charge < -0.3 is 9.55 Å². The monoisotopic (exact) mass is 277 g/mol. The Morgan fingerprint density at radius 2 is 2.32 bits per heavy atom. The number of anilines is 1. The number of carbonyl (C=O) groups excluding carboxylic acids is 1. The van der Waals surface area contributed by atoms with Crippen LogP contribution in [-0.2, 0) is 7.05 Å². The van der Waals surface area contributed by atoms with E-state index in [1.807, 2.05) is 0 Å². The second-order valence-corrected chi connectivity index (χ2v) is 4.14. The molecular weight excluding hydrogens is 270 g/mol. The predicted octanol–water partition coefficient (Wildman–Crippen LogP) is 0.992. The summed E-state index contributed by atoms with van der Waals surface area (Å²) in [4.78, 5) is 30.6. The van der Waals surface area contributed by atoms with Gasteiger partial charge in [0, 0.05) is 7.05 Å². The van der Waals surface area contributed by atoms with Crippen LogP contribution in [0, 0.1) is 0 Å². The average Bonchev–Trinajstić information content (AvgIpc) is 2.97. The number of fused-ring (bicyclic) bond motifs is 1. The number of carbonyl (C=O) groups is 1. The lowest BCUT2D eigenvalue weighted by Crippen LogP contribution is -2.17. The first-order valence-electron chi connectivity index (χ1n) is 5.29. The van der Waals surface area contributed by atoms with Crippen LogP contribution in [0.2, 0.25) is 5.15 Å². The first-order valence-corrected chi connectivity index (χ1v) is 5.67. The summed E-state index contributed by atoms with van der Waals surface area (Å²) in [6, 6.07) is 0. The van der Waals surface area contributed by atoms with Crippen molar-refractivity contribution in [2.75, 3.05) is 5.32 Å². The molecule has 0 fully saturated rings. The third kappa shape index (κ3) is 2.02. The molecule has 0 aliphatic heterocycles. The summed E-state index contributed by atoms with van der Waals surface area (Å²) in [5, 5.41) is 2.74. The predicted molar refractivity (Wildman–Crippen MR) is 67.9 cm³/mol. The second-order valence-electron chi connectivity index (χ2n) is 3.78. The summed E-state index contributed by atoms with van der Waals surface area (Å²) in [6.45, 7) is 0. The molecular formula is C10H8ClN7O. The highest BCUT2D eigenvalue weighted by atomic mass is 35.5. The number of rotatable bonds is 2. The fourth-order valence-electron chi connectivity index (χ4n) is 1.60. The van der Waals surface area contributed by atoms with Crippen LogP contribution in [0.1, 0.15) is 10.5 Å². The highest BCUT2D eigenvalue weighted by Crippen LogP contribution is 2.18. The van der Waals surface area contributed by atoms with Gasteiger partial charge in [0.15, 0.2) is 10.8 Å². The van der Waals surface area contributed by atoms with E-state index in [9.17, 15) is 4.79 Å². The Morgan fingerprint density at radius 1 is 1.47 bits per heavy atom. The number of imidazole rings is 2. The summed E-state index contributed by atoms with van der Waals surface area (Å²) in [5.41, 5.74) is 1.31. The molecule has 8 nitrogen and oxygen atoms in total. The van der Waals surface area contributed by atoms with E-state index in [0.717, 1.165) is 0 Å². The van der Waals surface area contributed by atoms with E-state index in [4.69, 9.17) is 11.6 Å². The van der Waals surface area contributed by atoms with Gasteiger partial charge in [-0.05, 0) is 0 Å². The van der Waals surface area contributed by atoms with Crippen LogP contribution >= 0.6 is 11.6 Å². The van der Waals surface area contributed by atoms with E-state index in [2.05, 4.69) is 30.2 Å². The van der Waals surface area contributed by atoms with E-state index < -0.39 is 0 Å². The number of hydrogen-bond acceptors (Lipinski definition) is 5. The molecule has 3 aromatic heterocycles. The molecule has 1 amide bonds. The van der Waals surface area contributed by atoms with Crippen LogP contribution < -0.4 is 5.32 Å². The standard InChI is InChI=1S/C10H8ClN7O/c1-18-4-12-2-5(18)9(19)17-10-15-7(11)6-8(16-10)14-3-13-6/h2-4H,1H3,(H2,13,14,15,16,17,19). The Morgan fingerprint density at radius 3 is 3.05 bits per heavy atom. The lowest BCUT2D eigenvalue weighted by atomic mass is 10.4. The van der Waals surface area contributed by atoms with Crippen LogP contribution in [0.3, 0.4) is 0 Å². The second kappa shape index (κ2) is 4.32. The van der Waals surface area contributed by atoms with E-state index in [-0.39, 0.29) is 17.0 Å². The third-order valence-corrected chi connectivity index (χ3v) is 2.79. The van der Waals surface area contributed by atoms with Gasteiger partial charge in [0.2, 0.25) is 5.95 Å². The number of nitrogens with zero attached hydrogens (tertiary/aromatic N) is 5. The highest BCUT2D eigenvalue weighted by Gasteiger charge is 2.14. The molecule has 0 spiro atoms. The SMILES string of the molecule is Cn1cncc1C(=O)Nc1nc(Cl)c2[nH]cnc2n1. The molecule has 3 aromatic rings. The van der Waals surface area contributed by atoms with Crippen molar-refractivity contribution in [2.24, 2.45) is 7.05 Å². The smallest absolute Gasteiger partial charge is 0.276 e. The van der Waals surface area contributed by atoms with E-state index in [1.54, 1.807) is 11.6 Å². The van der Waals surface area contributed by atoms with Gasteiger partial charge in [0.1, 0.15) is 11.2 Å². The van der Waals surface area contributed by atoms with Gasteiger partial charge in [0.25, 0.3) is 5.91 Å². The molecule has 0 aromatic carbocycles. The molecule has 0 aliphatic carbocycles. The Kier molecular flexibility index (Phi) is 2.64. The Labute approximate surface area is 111 Å². The molecule has 0 saturated heterocycles. The molecule has 96 valence electrons. The van der Waals surface area contributed by atoms with Crippen LogP contribution in [0.25, 0.3) is 11.2 Å². The summed E-state index contributed by atoms with van der Waals surface area (Å²) in [6.07, 6.45) is 4.43. The van der Waals surface area contributed by atoms with Gasteiger partial charge in [-0.15, -0.1) is 0 Å². The lowest BCUT2D eigenvalue weighted by molar-refractivity contribution is 0.101. The van der Waals surface area contributed by atoms with E-state index >= 15 is 0 Å². The van der Waals surface area contributed by atoms with Crippen LogP contribution in [0.4, 0.5) is 5.95 Å². The first kappa shape index (κ1) is 11.6. The zero-order chi connectivity index (χ0) is 13.4. The molecule has 0 bridgehead atoms. The Balaban J connectivity index is 1.93. The maximum Gasteiger partial charge on any atom is 0.276 e. The lowest BCUT2D eigenvalue weighted by Gasteiger charge is -2.04. The van der Waals surface area contributed by atoms with Gasteiger partial charge in [-0.1, -0.05) is 11.6 Å². The molecule has 9 heteroatoms. The molecule has 3 rings (SSSR count). The normalized spacial score (nSPS) is 10.8. The van der Waals surface area contributed by atoms with Gasteiger partial charge in [-0.2, -0.15) is 9.97 Å². The minimum absolute atomic E-state index is 0.0933. The van der Waals surface area contributed by atoms with Crippen LogP contribution in [0.15, 0.2) is 18.9 Å². The largest absolute Gasteiger partial charge is 0.341 e. The summed E-state index contributed by atoms with van der Waals surface area (Å²) >= 11 is 5.95. The summed E-state index contributed by atoms with van der Waals surface area (Å²) in [5.74, 6) is -0.276. The average molecular weight is 278 g/mol. The number of halogens is 1. The number of aromatic amines is 1. The topological polar surface area (TPSA) is 101 Å². The van der Waals surface area contributed by atoms with Crippen molar-refractivity contribution in [3.05, 3.63) is 29.7 Å². The van der Waals surface area contributed by atoms with Crippen molar-refractivity contribution in [1.82, 2.24) is 29.5 Å². The van der Waals surface area contributed by atoms with Crippen molar-refractivity contribution in [2.45, 2.75) is 0 Å². The third-order valence-electron chi connectivity index (χ3n) is 2.52. The number of H-pyrrole nitrogens is 1. The molecule has 3 heterocycles. The van der Waals surface area contributed by atoms with Gasteiger partial charge >= 0.3 is 0 Å². The van der Waals surface area contributed by atoms with Crippen molar-refractivity contribution in [3.8, 4) is 0 Å². The molecule has 0 unspecified atom stereocenters. The fraction of sp³-hybridized carbons (Fsp3) is 0.100. The van der Waals surface area contributed by atoms with Crippen molar-refractivity contribution < 1.29 is 4.79 Å². The van der Waals surface area contributed by atoms with E-state index in [1.165, 1.54) is 18.9 Å². The van der Waals surface area contributed by atoms with Gasteiger partial charge in [-0.3, -0.25) is 10.1 Å². The maximum atomic E-state index is 12.0. The van der Waals surface area contributed by atoms with Crippen LogP contribution in [0.5, 0.6) is 0 Å². The van der Waals surface area contributed by atoms with E-state index in [0.29, 0.717) is 16.9 Å². The number of aromatic nitrogens is 6. The summed E-state index contributed by atoms with van der Waals surface area (Å²) in [7, 11) is 1.71. The number of hydrogen-bond donors (Lipinski definition) is 2. The maximum absolute atomic E-state index is 12.0. The zero-order valence-corrected chi connectivity index (χ0v) is 10.5. The molecule has 0 radical (unpaired) electrons. The van der Waals surface area contributed by atoms with Crippen molar-refractivity contribution in [1.29, 1.82) is 0 Å². The van der Waals surface area contributed by atoms with Crippen molar-refractivity contribution >= 4 is 34.6 Å². The molecule has 0 aliphatic rings. The zero-order valence-electron chi connectivity index (χ0n) is 9.75. The molecule has 19 heavy (non-hydrogen) atoms. The fourth-order valence-corrected chi connectivity index (χ4v) is 1.81. The molecule has 0 saturated carbocycles. The molecule has 0 atom stereocenters. The number of nitrogens with one attached hydrogen (secondary N) is 2. The van der Waals surface area contributed by atoms with Gasteiger partial charge in [-0.25, -0.2) is 9.97 Å². The number of amides is 1. The quantitative estimate of drug-likeness (QED) is 0.680. The molecule has 2 N–H and O–H groups in total. The van der Waals surface area contributed by atoms with Crippen molar-refractivity contribution in [3.63, 3.8) is 0 Å². The van der Waals surface area contributed by atoms with Gasteiger partial charge in [0.05, 0.1) is 18.9 Å². The highest BCUT2D eigenvalue weighted by molar-refractivity contribution is 6.33. The Bertz CT molecular complexity index is 762.